The average Bonchev–Trinajstić information content (AvgIpc) is 3.45. The normalized spacial score (nSPS) is 12.0. The van der Waals surface area contributed by atoms with Crippen molar-refractivity contribution in [1.29, 1.82) is 0 Å². The predicted octanol–water partition coefficient (Wildman–Crippen LogP) is 4.71. The molecule has 0 saturated carbocycles. The van der Waals surface area contributed by atoms with E-state index in [4.69, 9.17) is 4.74 Å². The summed E-state index contributed by atoms with van der Waals surface area (Å²) in [6.07, 6.45) is -5.19. The van der Waals surface area contributed by atoms with Crippen LogP contribution in [0.15, 0.2) is 64.8 Å². The van der Waals surface area contributed by atoms with Gasteiger partial charge in [-0.2, -0.15) is 18.3 Å². The van der Waals surface area contributed by atoms with E-state index in [0.29, 0.717) is 12.0 Å². The number of halogens is 3. The van der Waals surface area contributed by atoms with Gasteiger partial charge in [0.1, 0.15) is 0 Å². The standard InChI is InChI=1S/C27H31F3N6O8S/c1-4-25(37)43-18-44-33-36(39)34(3)15-5-6-16-42-26(38)32-45(40,41)22-13-11-21(12-14-22)35-23(17-24(31-35)27(28,29)30)20-9-7-19(2)8-10-20/h7-14,17H,4-6,15-16,18H2,1-3H3,(H,32,38). The number of ether oxygens (including phenoxy) is 2. The summed E-state index contributed by atoms with van der Waals surface area (Å²) < 4.78 is 78.0. The molecule has 0 bridgehead atoms. The number of hydrazine groups is 1. The number of benzene rings is 2. The number of carbonyl (C=O) groups is 2. The third-order valence-corrected chi connectivity index (χ3v) is 7.37. The van der Waals surface area contributed by atoms with Crippen molar-refractivity contribution in [3.05, 3.63) is 71.1 Å². The molecule has 0 aliphatic heterocycles. The zero-order valence-electron chi connectivity index (χ0n) is 24.5. The molecular formula is C27H31F3N6O8S. The second-order valence-corrected chi connectivity index (χ2v) is 11.1. The Morgan fingerprint density at radius 3 is 2.38 bits per heavy atom. The number of unbranched alkanes of at least 4 members (excludes halogenated alkanes) is 1. The zero-order chi connectivity index (χ0) is 33.2. The van der Waals surface area contributed by atoms with Crippen molar-refractivity contribution in [3.63, 3.8) is 0 Å². The summed E-state index contributed by atoms with van der Waals surface area (Å²) >= 11 is 0. The van der Waals surface area contributed by atoms with E-state index in [9.17, 15) is 36.4 Å². The maximum absolute atomic E-state index is 13.5. The van der Waals surface area contributed by atoms with Crippen LogP contribution in [0, 0.1) is 12.1 Å². The Kier molecular flexibility index (Phi) is 11.7. The largest absolute Gasteiger partial charge is 0.569 e. The summed E-state index contributed by atoms with van der Waals surface area (Å²) in [5.74, 6) is -0.519. The molecule has 45 heavy (non-hydrogen) atoms. The summed E-state index contributed by atoms with van der Waals surface area (Å²) in [6.45, 7) is 2.91. The molecule has 0 saturated heterocycles. The van der Waals surface area contributed by atoms with Gasteiger partial charge in [-0.25, -0.2) is 22.6 Å². The van der Waals surface area contributed by atoms with Crippen molar-refractivity contribution in [3.8, 4) is 16.9 Å². The number of hydrogen-bond donors (Lipinski definition) is 1. The minimum absolute atomic E-state index is 0.135. The van der Waals surface area contributed by atoms with Gasteiger partial charge in [-0.15, -0.1) is 5.01 Å². The van der Waals surface area contributed by atoms with E-state index in [2.05, 4.69) is 20.0 Å². The van der Waals surface area contributed by atoms with Crippen LogP contribution < -0.4 is 4.72 Å². The molecule has 1 amide bonds. The summed E-state index contributed by atoms with van der Waals surface area (Å²) in [6, 6.07) is 12.4. The van der Waals surface area contributed by atoms with E-state index in [1.165, 1.54) is 19.2 Å². The number of hydrogen-bond acceptors (Lipinski definition) is 10. The molecule has 3 rings (SSSR count). The van der Waals surface area contributed by atoms with Gasteiger partial charge < -0.3 is 19.5 Å². The first-order chi connectivity index (χ1) is 21.2. The van der Waals surface area contributed by atoms with E-state index in [1.54, 1.807) is 35.9 Å². The zero-order valence-corrected chi connectivity index (χ0v) is 25.3. The summed E-state index contributed by atoms with van der Waals surface area (Å²) in [5.41, 5.74) is 0.562. The Morgan fingerprint density at radius 1 is 1.09 bits per heavy atom. The molecule has 0 unspecified atom stereocenters. The summed E-state index contributed by atoms with van der Waals surface area (Å²) in [4.78, 5) is 27.5. The topological polar surface area (TPSA) is 167 Å². The highest BCUT2D eigenvalue weighted by atomic mass is 32.2. The van der Waals surface area contributed by atoms with Gasteiger partial charge >= 0.3 is 18.2 Å². The number of esters is 1. The number of carbonyl (C=O) groups excluding carboxylic acids is 2. The van der Waals surface area contributed by atoms with Gasteiger partial charge in [0.2, 0.25) is 5.28 Å². The number of sulfonamides is 1. The van der Waals surface area contributed by atoms with Crippen molar-refractivity contribution in [2.45, 2.75) is 44.2 Å². The maximum Gasteiger partial charge on any atom is 0.435 e. The van der Waals surface area contributed by atoms with Crippen LogP contribution in [0.3, 0.4) is 0 Å². The highest BCUT2D eigenvalue weighted by molar-refractivity contribution is 7.90. The summed E-state index contributed by atoms with van der Waals surface area (Å²) in [5, 5.41) is 19.8. The first kappa shape index (κ1) is 34.6. The summed E-state index contributed by atoms with van der Waals surface area (Å²) in [7, 11) is -2.97. The lowest BCUT2D eigenvalue weighted by atomic mass is 10.1. The second-order valence-electron chi connectivity index (χ2n) is 9.47. The lowest BCUT2D eigenvalue weighted by molar-refractivity contribution is -0.706. The molecule has 3 aromatic rings. The number of amides is 1. The Bertz CT molecular complexity index is 1590. The van der Waals surface area contributed by atoms with Crippen molar-refractivity contribution < 1.29 is 50.5 Å². The van der Waals surface area contributed by atoms with Gasteiger partial charge in [-0.1, -0.05) is 36.8 Å². The highest BCUT2D eigenvalue weighted by Gasteiger charge is 2.35. The molecule has 244 valence electrons. The minimum Gasteiger partial charge on any atom is -0.569 e. The molecule has 14 nitrogen and oxygen atoms in total. The van der Waals surface area contributed by atoms with E-state index < -0.39 is 40.7 Å². The van der Waals surface area contributed by atoms with Gasteiger partial charge in [0.05, 0.1) is 41.4 Å². The maximum atomic E-state index is 13.5. The molecule has 0 aliphatic carbocycles. The lowest BCUT2D eigenvalue weighted by Crippen LogP contribution is -2.31. The number of aromatic nitrogens is 2. The SMILES string of the molecule is CCC(=O)OCON=[N+]([O-])N(C)CCCCOC(=O)NS(=O)(=O)c1ccc(-n2nc(C(F)(F)F)cc2-c2ccc(C)cc2)cc1. The molecule has 1 heterocycles. The van der Waals surface area contributed by atoms with Crippen LogP contribution in [0.4, 0.5) is 18.0 Å². The van der Waals surface area contributed by atoms with Gasteiger partial charge in [0, 0.05) is 12.0 Å². The molecule has 0 radical (unpaired) electrons. The molecule has 1 aromatic heterocycles. The number of nitrogens with zero attached hydrogens (tertiary/aromatic N) is 5. The van der Waals surface area contributed by atoms with Crippen molar-refractivity contribution in [2.75, 3.05) is 27.0 Å². The first-order valence-corrected chi connectivity index (χ1v) is 14.9. The molecule has 2 aromatic carbocycles. The van der Waals surface area contributed by atoms with E-state index in [1.807, 2.05) is 6.92 Å². The molecular weight excluding hydrogens is 625 g/mol. The Morgan fingerprint density at radius 2 is 1.76 bits per heavy atom. The lowest BCUT2D eigenvalue weighted by Gasteiger charge is -2.13. The van der Waals surface area contributed by atoms with Gasteiger partial charge in [-0.05, 0) is 50.1 Å². The molecule has 18 heteroatoms. The van der Waals surface area contributed by atoms with Crippen LogP contribution in [-0.2, 0) is 35.3 Å². The molecule has 1 N–H and O–H groups in total. The van der Waals surface area contributed by atoms with Gasteiger partial charge in [-0.3, -0.25) is 4.79 Å². The molecule has 0 fully saturated rings. The molecule has 0 aliphatic rings. The fourth-order valence-corrected chi connectivity index (χ4v) is 4.52. The quantitative estimate of drug-likeness (QED) is 0.0641. The number of aryl methyl sites for hydroxylation is 1. The third-order valence-electron chi connectivity index (χ3n) is 6.05. The Hall–Kier alpha value is -4.87. The highest BCUT2D eigenvalue weighted by Crippen LogP contribution is 2.33. The fraction of sp³-hybridized carbons (Fsp3) is 0.370. The van der Waals surface area contributed by atoms with Crippen LogP contribution >= 0.6 is 0 Å². The average molecular weight is 657 g/mol. The van der Waals surface area contributed by atoms with Crippen LogP contribution in [-0.4, -0.2) is 67.2 Å². The minimum atomic E-state index is -4.71. The van der Waals surface area contributed by atoms with Crippen LogP contribution in [0.1, 0.15) is 37.4 Å². The van der Waals surface area contributed by atoms with E-state index in [-0.39, 0.29) is 47.2 Å². The number of rotatable bonds is 14. The van der Waals surface area contributed by atoms with Crippen LogP contribution in [0.25, 0.3) is 16.9 Å². The Labute approximate surface area is 256 Å². The van der Waals surface area contributed by atoms with Gasteiger partial charge in [0.25, 0.3) is 16.8 Å². The van der Waals surface area contributed by atoms with Crippen LogP contribution in [0.2, 0.25) is 0 Å². The number of nitrogens with one attached hydrogen (secondary N) is 1. The second kappa shape index (κ2) is 15.2. The van der Waals surface area contributed by atoms with Gasteiger partial charge in [0.15, 0.2) is 5.69 Å². The van der Waals surface area contributed by atoms with Crippen molar-refractivity contribution >= 4 is 22.1 Å². The van der Waals surface area contributed by atoms with Crippen LogP contribution in [0.5, 0.6) is 0 Å². The third kappa shape index (κ3) is 10.1. The monoisotopic (exact) mass is 656 g/mol. The smallest absolute Gasteiger partial charge is 0.435 e. The number of alkyl halides is 3. The Balaban J connectivity index is 1.54. The van der Waals surface area contributed by atoms with E-state index >= 15 is 0 Å². The predicted molar refractivity (Wildman–Crippen MR) is 151 cm³/mol. The molecule has 0 atom stereocenters. The van der Waals surface area contributed by atoms with Crippen molar-refractivity contribution in [2.24, 2.45) is 5.28 Å². The van der Waals surface area contributed by atoms with E-state index in [0.717, 1.165) is 33.5 Å². The fourth-order valence-electron chi connectivity index (χ4n) is 3.63. The first-order valence-electron chi connectivity index (χ1n) is 13.4. The van der Waals surface area contributed by atoms with Crippen molar-refractivity contribution in [1.82, 2.24) is 19.5 Å². The molecule has 0 spiro atoms.